The molecule has 0 fully saturated rings. The van der Waals surface area contributed by atoms with Gasteiger partial charge in [-0.1, -0.05) is 42.5 Å². The second kappa shape index (κ2) is 8.38. The van der Waals surface area contributed by atoms with Gasteiger partial charge in [0.15, 0.2) is 17.3 Å². The molecular formula is C22H20N4O3S. The predicted molar refractivity (Wildman–Crippen MR) is 119 cm³/mol. The Labute approximate surface area is 178 Å². The van der Waals surface area contributed by atoms with E-state index in [1.807, 2.05) is 24.3 Å². The number of hydrogen-bond acceptors (Lipinski definition) is 6. The third-order valence-electron chi connectivity index (χ3n) is 4.71. The van der Waals surface area contributed by atoms with E-state index in [1.54, 1.807) is 44.4 Å². The van der Waals surface area contributed by atoms with Crippen LogP contribution in [0.15, 0.2) is 59.7 Å². The van der Waals surface area contributed by atoms with Crippen LogP contribution in [0.3, 0.4) is 0 Å². The molecular weight excluding hydrogens is 400 g/mol. The maximum Gasteiger partial charge on any atom is 0.216 e. The molecule has 0 aliphatic rings. The fraction of sp³-hybridized carbons (Fsp3) is 0.136. The Morgan fingerprint density at radius 1 is 0.967 bits per heavy atom. The summed E-state index contributed by atoms with van der Waals surface area (Å²) in [6.45, 7) is 0. The van der Waals surface area contributed by atoms with Crippen LogP contribution in [0.4, 0.5) is 0 Å². The van der Waals surface area contributed by atoms with Crippen LogP contribution in [-0.4, -0.2) is 42.4 Å². The van der Waals surface area contributed by atoms with Gasteiger partial charge in [-0.2, -0.15) is 14.9 Å². The molecule has 7 nitrogen and oxygen atoms in total. The van der Waals surface area contributed by atoms with Crippen LogP contribution < -0.4 is 14.2 Å². The van der Waals surface area contributed by atoms with Gasteiger partial charge in [0.25, 0.3) is 0 Å². The number of methoxy groups -OCH3 is 3. The third kappa shape index (κ3) is 3.53. The molecule has 0 radical (unpaired) electrons. The average Bonchev–Trinajstić information content (AvgIpc) is 3.16. The summed E-state index contributed by atoms with van der Waals surface area (Å²) in [5.74, 6) is 2.06. The van der Waals surface area contributed by atoms with Crippen molar-refractivity contribution in [2.75, 3.05) is 21.3 Å². The van der Waals surface area contributed by atoms with E-state index in [0.29, 0.717) is 33.4 Å². The summed E-state index contributed by atoms with van der Waals surface area (Å²) >= 11 is 5.40. The van der Waals surface area contributed by atoms with Gasteiger partial charge in [-0.15, -0.1) is 0 Å². The van der Waals surface area contributed by atoms with Crippen molar-refractivity contribution in [1.29, 1.82) is 0 Å². The molecule has 8 heteroatoms. The molecule has 0 unspecified atom stereocenters. The monoisotopic (exact) mass is 420 g/mol. The van der Waals surface area contributed by atoms with Crippen LogP contribution in [-0.2, 0) is 0 Å². The molecule has 4 rings (SSSR count). The van der Waals surface area contributed by atoms with Crippen molar-refractivity contribution in [3.8, 4) is 28.6 Å². The lowest BCUT2D eigenvalue weighted by Gasteiger charge is -2.13. The number of fused-ring (bicyclic) bond motifs is 1. The van der Waals surface area contributed by atoms with E-state index in [-0.39, 0.29) is 0 Å². The Bertz CT molecular complexity index is 1260. The topological polar surface area (TPSA) is 73.7 Å². The zero-order chi connectivity index (χ0) is 21.1. The standard InChI is InChI=1S/C22H20N4O3S/c1-27-18-11-16(12-19(28-2)20(18)29-3)21-24-25-22(30)26(21)23-13-15-9-6-8-14-7-4-5-10-17(14)15/h4-13H,1-3H3,(H,25,30)/b23-13-. The SMILES string of the molecule is COc1cc(-c2n[nH]c(=S)n2/N=C\c2cccc3ccccc23)cc(OC)c1OC. The minimum atomic E-state index is 0.371. The second-order valence-corrected chi connectivity index (χ2v) is 6.78. The van der Waals surface area contributed by atoms with E-state index in [4.69, 9.17) is 26.4 Å². The first-order valence-electron chi connectivity index (χ1n) is 9.16. The normalized spacial score (nSPS) is 11.2. The molecule has 0 saturated carbocycles. The molecule has 0 amide bonds. The van der Waals surface area contributed by atoms with Crippen LogP contribution in [0.25, 0.3) is 22.2 Å². The van der Waals surface area contributed by atoms with Gasteiger partial charge >= 0.3 is 0 Å². The quantitative estimate of drug-likeness (QED) is 0.362. The number of hydrogen-bond donors (Lipinski definition) is 1. The molecule has 1 aromatic heterocycles. The van der Waals surface area contributed by atoms with Crippen molar-refractivity contribution < 1.29 is 14.2 Å². The summed E-state index contributed by atoms with van der Waals surface area (Å²) in [6, 6.07) is 17.8. The van der Waals surface area contributed by atoms with Crippen molar-refractivity contribution in [2.24, 2.45) is 5.10 Å². The zero-order valence-corrected chi connectivity index (χ0v) is 17.6. The Kier molecular flexibility index (Phi) is 5.49. The number of H-pyrrole nitrogens is 1. The first-order valence-corrected chi connectivity index (χ1v) is 9.57. The van der Waals surface area contributed by atoms with Gasteiger partial charge in [0, 0.05) is 11.1 Å². The molecule has 1 N–H and O–H groups in total. The minimum Gasteiger partial charge on any atom is -0.493 e. The van der Waals surface area contributed by atoms with Gasteiger partial charge in [0.2, 0.25) is 10.5 Å². The van der Waals surface area contributed by atoms with Gasteiger partial charge in [-0.25, -0.2) is 5.10 Å². The minimum absolute atomic E-state index is 0.371. The summed E-state index contributed by atoms with van der Waals surface area (Å²) < 4.78 is 18.2. The number of benzene rings is 3. The molecule has 0 atom stereocenters. The molecule has 0 aliphatic heterocycles. The largest absolute Gasteiger partial charge is 0.493 e. The van der Waals surface area contributed by atoms with Crippen molar-refractivity contribution >= 4 is 29.2 Å². The Morgan fingerprint density at radius 2 is 1.67 bits per heavy atom. The smallest absolute Gasteiger partial charge is 0.216 e. The van der Waals surface area contributed by atoms with Crippen LogP contribution in [0.2, 0.25) is 0 Å². The summed E-state index contributed by atoms with van der Waals surface area (Å²) in [6.07, 6.45) is 1.77. The first-order chi connectivity index (χ1) is 14.7. The van der Waals surface area contributed by atoms with Gasteiger partial charge in [-0.3, -0.25) is 0 Å². The van der Waals surface area contributed by atoms with Crippen LogP contribution in [0.1, 0.15) is 5.56 Å². The second-order valence-electron chi connectivity index (χ2n) is 6.39. The van der Waals surface area contributed by atoms with Gasteiger partial charge in [-0.05, 0) is 35.1 Å². The molecule has 30 heavy (non-hydrogen) atoms. The number of aromatic amines is 1. The summed E-state index contributed by atoms with van der Waals surface area (Å²) in [5.41, 5.74) is 1.69. The number of aromatic nitrogens is 3. The van der Waals surface area contributed by atoms with Crippen LogP contribution >= 0.6 is 12.2 Å². The Balaban J connectivity index is 1.81. The predicted octanol–water partition coefficient (Wildman–Crippen LogP) is 4.67. The van der Waals surface area contributed by atoms with Crippen LogP contribution in [0, 0.1) is 4.77 Å². The van der Waals surface area contributed by atoms with Crippen molar-refractivity contribution in [3.63, 3.8) is 0 Å². The number of ether oxygens (including phenoxy) is 3. The van der Waals surface area contributed by atoms with E-state index in [9.17, 15) is 0 Å². The molecule has 152 valence electrons. The van der Waals surface area contributed by atoms with Gasteiger partial charge < -0.3 is 14.2 Å². The number of rotatable bonds is 6. The summed E-state index contributed by atoms with van der Waals surface area (Å²) in [4.78, 5) is 0. The third-order valence-corrected chi connectivity index (χ3v) is 4.97. The summed E-state index contributed by atoms with van der Waals surface area (Å²) in [5, 5.41) is 14.0. The van der Waals surface area contributed by atoms with E-state index < -0.39 is 0 Å². The molecule has 4 aromatic rings. The highest BCUT2D eigenvalue weighted by Crippen LogP contribution is 2.40. The lowest BCUT2D eigenvalue weighted by atomic mass is 10.1. The Morgan fingerprint density at radius 3 is 2.37 bits per heavy atom. The maximum absolute atomic E-state index is 5.45. The molecule has 1 heterocycles. The van der Waals surface area contributed by atoms with Crippen molar-refractivity contribution in [1.82, 2.24) is 14.9 Å². The average molecular weight is 420 g/mol. The van der Waals surface area contributed by atoms with Gasteiger partial charge in [0.1, 0.15) is 0 Å². The summed E-state index contributed by atoms with van der Waals surface area (Å²) in [7, 11) is 4.69. The van der Waals surface area contributed by atoms with E-state index in [0.717, 1.165) is 16.3 Å². The molecule has 0 aliphatic carbocycles. The van der Waals surface area contributed by atoms with Crippen molar-refractivity contribution in [3.05, 3.63) is 64.9 Å². The lowest BCUT2D eigenvalue weighted by Crippen LogP contribution is -1.99. The van der Waals surface area contributed by atoms with E-state index in [2.05, 4.69) is 33.5 Å². The first kappa shape index (κ1) is 19.7. The Hall–Kier alpha value is -3.65. The van der Waals surface area contributed by atoms with Crippen LogP contribution in [0.5, 0.6) is 17.2 Å². The number of nitrogens with zero attached hydrogens (tertiary/aromatic N) is 3. The zero-order valence-electron chi connectivity index (χ0n) is 16.7. The lowest BCUT2D eigenvalue weighted by molar-refractivity contribution is 0.324. The van der Waals surface area contributed by atoms with E-state index in [1.165, 1.54) is 0 Å². The van der Waals surface area contributed by atoms with E-state index >= 15 is 0 Å². The fourth-order valence-electron chi connectivity index (χ4n) is 3.28. The van der Waals surface area contributed by atoms with Crippen molar-refractivity contribution in [2.45, 2.75) is 0 Å². The highest BCUT2D eigenvalue weighted by Gasteiger charge is 2.17. The van der Waals surface area contributed by atoms with Gasteiger partial charge in [0.05, 0.1) is 27.5 Å². The molecule has 3 aromatic carbocycles. The molecule has 0 bridgehead atoms. The molecule has 0 spiro atoms. The highest BCUT2D eigenvalue weighted by atomic mass is 32.1. The fourth-order valence-corrected chi connectivity index (χ4v) is 3.46. The highest BCUT2D eigenvalue weighted by molar-refractivity contribution is 7.71. The molecule has 0 saturated heterocycles. The number of nitrogens with one attached hydrogen (secondary N) is 1. The maximum atomic E-state index is 5.45.